The molecule has 2 aliphatic heterocycles. The van der Waals surface area contributed by atoms with Gasteiger partial charge in [0.2, 0.25) is 5.88 Å². The number of rotatable bonds is 3. The third kappa shape index (κ3) is 4.00. The minimum absolute atomic E-state index is 0.0364. The van der Waals surface area contributed by atoms with Crippen LogP contribution in [-0.4, -0.2) is 36.4 Å². The van der Waals surface area contributed by atoms with Gasteiger partial charge in [-0.2, -0.15) is 0 Å². The molecule has 27 heavy (non-hydrogen) atoms. The first kappa shape index (κ1) is 18.0. The highest BCUT2D eigenvalue weighted by Gasteiger charge is 2.28. The van der Waals surface area contributed by atoms with E-state index in [0.29, 0.717) is 39.6 Å². The van der Waals surface area contributed by atoms with E-state index in [4.69, 9.17) is 27.9 Å². The van der Waals surface area contributed by atoms with E-state index in [2.05, 4.69) is 9.38 Å². The Balaban J connectivity index is 1.63. The number of aromatic nitrogens is 1. The normalized spacial score (nSPS) is 18.1. The second kappa shape index (κ2) is 6.99. The molecule has 3 heterocycles. The Labute approximate surface area is 166 Å². The summed E-state index contributed by atoms with van der Waals surface area (Å²) in [4.78, 5) is 5.83. The molecule has 0 saturated carbocycles. The van der Waals surface area contributed by atoms with Gasteiger partial charge in [0.05, 0.1) is 15.8 Å². The highest BCUT2D eigenvalue weighted by Crippen LogP contribution is 2.31. The lowest BCUT2D eigenvalue weighted by atomic mass is 10.0. The van der Waals surface area contributed by atoms with Crippen LogP contribution in [0.25, 0.3) is 5.57 Å². The number of allylic oxidation sites excluding steroid dienone is 2. The minimum atomic E-state index is -3.47. The molecule has 0 fully saturated rings. The van der Waals surface area contributed by atoms with Crippen molar-refractivity contribution in [1.82, 2.24) is 9.88 Å². The van der Waals surface area contributed by atoms with Gasteiger partial charge in [0.25, 0.3) is 10.0 Å². The molecule has 6 nitrogen and oxygen atoms in total. The standard InChI is InChI=1S/C18H13Cl2N3O3S/c19-13-3-6-17(21-10-13)26-15-4-1-12(2-5-15)16-9-14(20)11-23-7-8-27(24,25)22-18(16)23/h1-6,9-11H,7-8H2. The topological polar surface area (TPSA) is 71.9 Å². The van der Waals surface area contributed by atoms with Crippen molar-refractivity contribution in [3.8, 4) is 11.6 Å². The molecule has 2 aromatic rings. The fraction of sp³-hybridized carbons (Fsp3) is 0.111. The number of pyridine rings is 1. The Hall–Kier alpha value is -2.35. The quantitative estimate of drug-likeness (QED) is 0.747. The Morgan fingerprint density at radius 3 is 2.56 bits per heavy atom. The van der Waals surface area contributed by atoms with Crippen LogP contribution >= 0.6 is 23.2 Å². The molecule has 9 heteroatoms. The number of nitrogens with zero attached hydrogens (tertiary/aromatic N) is 3. The number of ether oxygens (including phenoxy) is 1. The summed E-state index contributed by atoms with van der Waals surface area (Å²) in [5.74, 6) is 1.34. The van der Waals surface area contributed by atoms with Crippen molar-refractivity contribution in [2.75, 3.05) is 12.3 Å². The fourth-order valence-electron chi connectivity index (χ4n) is 2.73. The first-order valence-electron chi connectivity index (χ1n) is 7.98. The first-order chi connectivity index (χ1) is 12.9. The molecular weight excluding hydrogens is 409 g/mol. The molecule has 0 spiro atoms. The van der Waals surface area contributed by atoms with Crippen LogP contribution in [0.5, 0.6) is 11.6 Å². The van der Waals surface area contributed by atoms with E-state index in [0.717, 1.165) is 5.56 Å². The molecule has 1 aromatic carbocycles. The van der Waals surface area contributed by atoms with E-state index in [-0.39, 0.29) is 5.75 Å². The highest BCUT2D eigenvalue weighted by molar-refractivity contribution is 7.90. The average molecular weight is 422 g/mol. The predicted octanol–water partition coefficient (Wildman–Crippen LogP) is 4.05. The van der Waals surface area contributed by atoms with Gasteiger partial charge in [-0.1, -0.05) is 35.3 Å². The van der Waals surface area contributed by atoms with Gasteiger partial charge in [-0.15, -0.1) is 4.40 Å². The SMILES string of the molecule is O=S1(=O)CCN2C=C(Cl)C=C(c3ccc(Oc4ccc(Cl)cn4)cc3)C2=N1. The van der Waals surface area contributed by atoms with Gasteiger partial charge in [-0.25, -0.2) is 13.4 Å². The van der Waals surface area contributed by atoms with E-state index >= 15 is 0 Å². The third-order valence-electron chi connectivity index (χ3n) is 3.98. The lowest BCUT2D eigenvalue weighted by Gasteiger charge is -2.30. The van der Waals surface area contributed by atoms with Gasteiger partial charge in [0, 0.05) is 30.6 Å². The van der Waals surface area contributed by atoms with Gasteiger partial charge in [0.1, 0.15) is 5.75 Å². The molecule has 0 unspecified atom stereocenters. The lowest BCUT2D eigenvalue weighted by molar-refractivity contribution is 0.463. The van der Waals surface area contributed by atoms with Crippen LogP contribution in [0.15, 0.2) is 64.3 Å². The van der Waals surface area contributed by atoms with Crippen LogP contribution in [0.3, 0.4) is 0 Å². The molecule has 0 N–H and O–H groups in total. The monoisotopic (exact) mass is 421 g/mol. The summed E-state index contributed by atoms with van der Waals surface area (Å²) in [7, 11) is -3.47. The number of halogens is 2. The molecule has 2 aliphatic rings. The molecular formula is C18H13Cl2N3O3S. The zero-order valence-electron chi connectivity index (χ0n) is 13.8. The Kier molecular flexibility index (Phi) is 4.67. The second-order valence-electron chi connectivity index (χ2n) is 5.91. The van der Waals surface area contributed by atoms with Crippen molar-refractivity contribution >= 4 is 44.6 Å². The third-order valence-corrected chi connectivity index (χ3v) is 5.56. The van der Waals surface area contributed by atoms with Gasteiger partial charge in [0.15, 0.2) is 5.84 Å². The average Bonchev–Trinajstić information content (AvgIpc) is 2.64. The summed E-state index contributed by atoms with van der Waals surface area (Å²) in [6.07, 6.45) is 4.89. The minimum Gasteiger partial charge on any atom is -0.439 e. The maximum atomic E-state index is 11.9. The largest absolute Gasteiger partial charge is 0.439 e. The Morgan fingerprint density at radius 1 is 1.07 bits per heavy atom. The molecule has 0 saturated heterocycles. The molecule has 0 amide bonds. The van der Waals surface area contributed by atoms with Crippen LogP contribution in [-0.2, 0) is 10.0 Å². The van der Waals surface area contributed by atoms with Crippen molar-refractivity contribution in [3.63, 3.8) is 0 Å². The van der Waals surface area contributed by atoms with E-state index in [1.807, 2.05) is 12.1 Å². The van der Waals surface area contributed by atoms with Crippen molar-refractivity contribution < 1.29 is 13.2 Å². The summed E-state index contributed by atoms with van der Waals surface area (Å²) in [5, 5.41) is 1.04. The molecule has 138 valence electrons. The van der Waals surface area contributed by atoms with Gasteiger partial charge < -0.3 is 9.64 Å². The van der Waals surface area contributed by atoms with Gasteiger partial charge >= 0.3 is 0 Å². The maximum Gasteiger partial charge on any atom is 0.256 e. The van der Waals surface area contributed by atoms with Crippen molar-refractivity contribution in [3.05, 3.63) is 70.5 Å². The summed E-state index contributed by atoms with van der Waals surface area (Å²) < 4.78 is 33.4. The van der Waals surface area contributed by atoms with Crippen LogP contribution in [0.4, 0.5) is 0 Å². The number of hydrogen-bond donors (Lipinski definition) is 0. The second-order valence-corrected chi connectivity index (χ2v) is 8.53. The highest BCUT2D eigenvalue weighted by atomic mass is 35.5. The van der Waals surface area contributed by atoms with E-state index in [1.165, 1.54) is 6.20 Å². The van der Waals surface area contributed by atoms with Crippen LogP contribution in [0, 0.1) is 0 Å². The Bertz CT molecular complexity index is 1080. The summed E-state index contributed by atoms with van der Waals surface area (Å²) >= 11 is 12.0. The lowest BCUT2D eigenvalue weighted by Crippen LogP contribution is -2.38. The fourth-order valence-corrected chi connectivity index (χ4v) is 4.05. The van der Waals surface area contributed by atoms with Crippen molar-refractivity contribution in [2.24, 2.45) is 4.40 Å². The number of hydrogen-bond acceptors (Lipinski definition) is 5. The maximum absolute atomic E-state index is 11.9. The van der Waals surface area contributed by atoms with E-state index < -0.39 is 10.0 Å². The number of sulfonamides is 1. The zero-order chi connectivity index (χ0) is 19.0. The number of benzene rings is 1. The molecule has 1 aromatic heterocycles. The predicted molar refractivity (Wildman–Crippen MR) is 106 cm³/mol. The molecule has 0 radical (unpaired) electrons. The van der Waals surface area contributed by atoms with Crippen molar-refractivity contribution in [1.29, 1.82) is 0 Å². The van der Waals surface area contributed by atoms with Crippen LogP contribution in [0.2, 0.25) is 5.02 Å². The number of fused-ring (bicyclic) bond motifs is 1. The summed E-state index contributed by atoms with van der Waals surface area (Å²) in [6, 6.07) is 10.5. The summed E-state index contributed by atoms with van der Waals surface area (Å²) in [6.45, 7) is 0.318. The van der Waals surface area contributed by atoms with Gasteiger partial charge in [-0.05, 0) is 29.8 Å². The van der Waals surface area contributed by atoms with Gasteiger partial charge in [-0.3, -0.25) is 0 Å². The van der Waals surface area contributed by atoms with Crippen LogP contribution in [0.1, 0.15) is 5.56 Å². The van der Waals surface area contributed by atoms with E-state index in [1.54, 1.807) is 41.4 Å². The smallest absolute Gasteiger partial charge is 0.256 e. The molecule has 4 rings (SSSR count). The zero-order valence-corrected chi connectivity index (χ0v) is 16.2. The Morgan fingerprint density at radius 2 is 1.85 bits per heavy atom. The van der Waals surface area contributed by atoms with E-state index in [9.17, 15) is 8.42 Å². The molecule has 0 aliphatic carbocycles. The van der Waals surface area contributed by atoms with Crippen molar-refractivity contribution in [2.45, 2.75) is 0 Å². The molecule has 0 atom stereocenters. The summed E-state index contributed by atoms with van der Waals surface area (Å²) in [5.41, 5.74) is 1.42. The molecule has 0 bridgehead atoms. The first-order valence-corrected chi connectivity index (χ1v) is 10.3. The van der Waals surface area contributed by atoms with Crippen LogP contribution < -0.4 is 4.74 Å². The number of amidine groups is 1.